The van der Waals surface area contributed by atoms with Crippen molar-refractivity contribution in [1.29, 1.82) is 0 Å². The summed E-state index contributed by atoms with van der Waals surface area (Å²) in [4.78, 5) is 31.2. The van der Waals surface area contributed by atoms with Crippen molar-refractivity contribution in [2.45, 2.75) is 59.5 Å². The average molecular weight is 506 g/mol. The number of urea groups is 1. The third-order valence-electron chi connectivity index (χ3n) is 6.21. The summed E-state index contributed by atoms with van der Waals surface area (Å²) in [5, 5.41) is 5.71. The molecule has 2 heterocycles. The Morgan fingerprint density at radius 1 is 1.29 bits per heavy atom. The summed E-state index contributed by atoms with van der Waals surface area (Å²) in [6.07, 6.45) is 1.76. The highest BCUT2D eigenvalue weighted by Gasteiger charge is 2.33. The fourth-order valence-electron chi connectivity index (χ4n) is 4.07. The number of amides is 3. The van der Waals surface area contributed by atoms with E-state index in [0.717, 1.165) is 29.7 Å². The number of nitrogens with zero attached hydrogens (tertiary/aromatic N) is 2. The summed E-state index contributed by atoms with van der Waals surface area (Å²) in [6.45, 7) is 11.6. The van der Waals surface area contributed by atoms with Gasteiger partial charge < -0.3 is 19.9 Å². The van der Waals surface area contributed by atoms with Crippen LogP contribution in [-0.4, -0.2) is 54.0 Å². The molecule has 3 rings (SSSR count). The van der Waals surface area contributed by atoms with Crippen LogP contribution in [0.25, 0.3) is 0 Å². The number of rotatable bonds is 9. The minimum absolute atomic E-state index is 0.00867. The molecule has 0 radical (unpaired) electrons. The Labute approximate surface area is 212 Å². The van der Waals surface area contributed by atoms with Crippen molar-refractivity contribution in [3.05, 3.63) is 50.7 Å². The lowest BCUT2D eigenvalue weighted by Gasteiger charge is -2.37. The molecule has 186 valence electrons. The van der Waals surface area contributed by atoms with Gasteiger partial charge in [0.2, 0.25) is 5.91 Å². The Bertz CT molecular complexity index is 993. The van der Waals surface area contributed by atoms with Crippen LogP contribution in [-0.2, 0) is 11.2 Å². The summed E-state index contributed by atoms with van der Waals surface area (Å²) in [7, 11) is 0. The van der Waals surface area contributed by atoms with Crippen LogP contribution in [0.3, 0.4) is 0 Å². The van der Waals surface area contributed by atoms with Crippen LogP contribution in [0, 0.1) is 12.8 Å². The van der Waals surface area contributed by atoms with Gasteiger partial charge in [0.05, 0.1) is 6.04 Å². The smallest absolute Gasteiger partial charge is 0.318 e. The molecule has 6 nitrogen and oxygen atoms in total. The highest BCUT2D eigenvalue weighted by atomic mass is 35.5. The van der Waals surface area contributed by atoms with Gasteiger partial charge >= 0.3 is 6.03 Å². The van der Waals surface area contributed by atoms with Gasteiger partial charge in [-0.2, -0.15) is 0 Å². The zero-order valence-corrected chi connectivity index (χ0v) is 22.3. The second-order valence-corrected chi connectivity index (χ2v) is 10.8. The molecule has 0 aliphatic carbocycles. The van der Waals surface area contributed by atoms with E-state index >= 15 is 0 Å². The summed E-state index contributed by atoms with van der Waals surface area (Å²) < 4.78 is 6.13. The molecule has 0 saturated heterocycles. The maximum absolute atomic E-state index is 13.6. The normalized spacial score (nSPS) is 16.2. The van der Waals surface area contributed by atoms with E-state index in [-0.39, 0.29) is 30.6 Å². The molecule has 1 N–H and O–H groups in total. The fraction of sp³-hybridized carbons (Fsp3) is 0.538. The summed E-state index contributed by atoms with van der Waals surface area (Å²) in [5.74, 6) is 0.981. The monoisotopic (exact) mass is 505 g/mol. The molecule has 3 amide bonds. The molecule has 0 unspecified atom stereocenters. The van der Waals surface area contributed by atoms with Gasteiger partial charge in [-0.15, -0.1) is 11.3 Å². The molecule has 34 heavy (non-hydrogen) atoms. The number of aryl methyl sites for hydroxylation is 1. The Balaban J connectivity index is 1.77. The van der Waals surface area contributed by atoms with Crippen LogP contribution < -0.4 is 10.1 Å². The third-order valence-corrected chi connectivity index (χ3v) is 7.63. The number of hydrogen-bond donors (Lipinski definition) is 1. The average Bonchev–Trinajstić information content (AvgIpc) is 3.27. The van der Waals surface area contributed by atoms with E-state index in [1.807, 2.05) is 43.9 Å². The number of thiophene rings is 1. The van der Waals surface area contributed by atoms with Gasteiger partial charge in [-0.1, -0.05) is 31.9 Å². The fourth-order valence-corrected chi connectivity index (χ4v) is 5.12. The second-order valence-electron chi connectivity index (χ2n) is 9.37. The third kappa shape index (κ3) is 6.66. The van der Waals surface area contributed by atoms with Gasteiger partial charge in [-0.25, -0.2) is 4.79 Å². The topological polar surface area (TPSA) is 61.9 Å². The lowest BCUT2D eigenvalue weighted by Crippen LogP contribution is -2.51. The molecule has 2 atom stereocenters. The lowest BCUT2D eigenvalue weighted by atomic mass is 10.00. The van der Waals surface area contributed by atoms with E-state index in [1.165, 1.54) is 4.88 Å². The summed E-state index contributed by atoms with van der Waals surface area (Å²) >= 11 is 7.87. The molecule has 0 spiro atoms. The first-order valence-corrected chi connectivity index (χ1v) is 13.2. The van der Waals surface area contributed by atoms with Crippen molar-refractivity contribution in [2.24, 2.45) is 5.92 Å². The number of ether oxygens (including phenoxy) is 1. The molecule has 8 heteroatoms. The zero-order valence-electron chi connectivity index (χ0n) is 20.8. The van der Waals surface area contributed by atoms with Crippen molar-refractivity contribution in [3.8, 4) is 5.75 Å². The molecule has 2 aromatic rings. The minimum atomic E-state index is -0.197. The van der Waals surface area contributed by atoms with Gasteiger partial charge in [-0.05, 0) is 73.9 Å². The number of fused-ring (bicyclic) bond motifs is 1. The molecule has 0 bridgehead atoms. The number of nitrogens with one attached hydrogen (secondary N) is 1. The minimum Gasteiger partial charge on any atom is -0.491 e. The quantitative estimate of drug-likeness (QED) is 0.476. The van der Waals surface area contributed by atoms with Gasteiger partial charge in [-0.3, -0.25) is 4.79 Å². The van der Waals surface area contributed by atoms with E-state index in [4.69, 9.17) is 16.3 Å². The second kappa shape index (κ2) is 11.9. The molecule has 0 fully saturated rings. The molecular weight excluding hydrogens is 470 g/mol. The van der Waals surface area contributed by atoms with Crippen molar-refractivity contribution < 1.29 is 14.3 Å². The molecule has 1 aromatic heterocycles. The highest BCUT2D eigenvalue weighted by molar-refractivity contribution is 7.10. The van der Waals surface area contributed by atoms with Gasteiger partial charge in [0.1, 0.15) is 18.9 Å². The van der Waals surface area contributed by atoms with Gasteiger partial charge in [0.15, 0.2) is 0 Å². The highest BCUT2D eigenvalue weighted by Crippen LogP contribution is 2.34. The van der Waals surface area contributed by atoms with E-state index in [0.29, 0.717) is 30.6 Å². The predicted molar refractivity (Wildman–Crippen MR) is 139 cm³/mol. The Hall–Kier alpha value is -2.25. The predicted octanol–water partition coefficient (Wildman–Crippen LogP) is 5.68. The molecule has 0 saturated carbocycles. The Morgan fingerprint density at radius 3 is 2.74 bits per heavy atom. The molecule has 1 aliphatic rings. The van der Waals surface area contributed by atoms with E-state index in [9.17, 15) is 9.59 Å². The lowest BCUT2D eigenvalue weighted by molar-refractivity contribution is -0.135. The first-order chi connectivity index (χ1) is 16.2. The molecule has 1 aromatic carbocycles. The maximum Gasteiger partial charge on any atom is 0.318 e. The standard InChI is InChI=1S/C26H36ClN3O3S/c1-6-18(4)14-29(26(32)28-17(2)3)15-25(31)30-11-9-24-21(10-12-34-24)23(30)16-33-20-7-8-22(27)19(5)13-20/h7-8,10,12-13,17-18,23H,6,9,11,14-16H2,1-5H3,(H,28,32)/t18-,23+/m1/s1. The van der Waals surface area contributed by atoms with Crippen molar-refractivity contribution in [1.82, 2.24) is 15.1 Å². The van der Waals surface area contributed by atoms with Crippen LogP contribution in [0.4, 0.5) is 4.79 Å². The van der Waals surface area contributed by atoms with E-state index in [1.54, 1.807) is 16.2 Å². The van der Waals surface area contributed by atoms with E-state index in [2.05, 4.69) is 30.6 Å². The van der Waals surface area contributed by atoms with Gasteiger partial charge in [0.25, 0.3) is 0 Å². The largest absolute Gasteiger partial charge is 0.491 e. The first-order valence-electron chi connectivity index (χ1n) is 12.0. The van der Waals surface area contributed by atoms with Crippen LogP contribution in [0.5, 0.6) is 5.75 Å². The maximum atomic E-state index is 13.6. The number of halogens is 1. The molecular formula is C26H36ClN3O3S. The van der Waals surface area contributed by atoms with Crippen molar-refractivity contribution >= 4 is 34.9 Å². The summed E-state index contributed by atoms with van der Waals surface area (Å²) in [5.41, 5.74) is 2.08. The van der Waals surface area contributed by atoms with Crippen LogP contribution in [0.1, 0.15) is 56.2 Å². The van der Waals surface area contributed by atoms with Gasteiger partial charge in [0, 0.05) is 29.0 Å². The Kier molecular flexibility index (Phi) is 9.25. The zero-order chi connectivity index (χ0) is 24.8. The van der Waals surface area contributed by atoms with Crippen molar-refractivity contribution in [2.75, 3.05) is 26.2 Å². The van der Waals surface area contributed by atoms with E-state index < -0.39 is 0 Å². The number of benzene rings is 1. The van der Waals surface area contributed by atoms with Crippen LogP contribution in [0.2, 0.25) is 5.02 Å². The Morgan fingerprint density at radius 2 is 2.06 bits per heavy atom. The van der Waals surface area contributed by atoms with Crippen LogP contribution >= 0.6 is 22.9 Å². The molecule has 1 aliphatic heterocycles. The SMILES string of the molecule is CC[C@@H](C)CN(CC(=O)N1CCc2sccc2[C@@H]1COc1ccc(Cl)c(C)c1)C(=O)NC(C)C. The number of hydrogen-bond acceptors (Lipinski definition) is 4. The summed E-state index contributed by atoms with van der Waals surface area (Å²) in [6, 6.07) is 7.29. The number of carbonyl (C=O) groups excluding carboxylic acids is 2. The first kappa shape index (κ1) is 26.4. The van der Waals surface area contributed by atoms with Crippen LogP contribution in [0.15, 0.2) is 29.6 Å². The number of carbonyl (C=O) groups is 2. The van der Waals surface area contributed by atoms with Crippen molar-refractivity contribution in [3.63, 3.8) is 0 Å².